The number of carbonyl (C=O) groups is 1. The fourth-order valence-electron chi connectivity index (χ4n) is 2.96. The van der Waals surface area contributed by atoms with Gasteiger partial charge in [-0.3, -0.25) is 9.59 Å². The molecule has 0 saturated carbocycles. The van der Waals surface area contributed by atoms with Crippen LogP contribution >= 0.6 is 0 Å². The topological polar surface area (TPSA) is 73.2 Å². The minimum atomic E-state index is -0.358. The molecule has 3 rings (SSSR count). The zero-order valence-electron chi connectivity index (χ0n) is 15.6. The first-order valence-corrected chi connectivity index (χ1v) is 9.09. The quantitative estimate of drug-likeness (QED) is 0.646. The number of hydrogen-bond donors (Lipinski definition) is 1. The van der Waals surface area contributed by atoms with Crippen molar-refractivity contribution in [2.45, 2.75) is 32.7 Å². The number of aryl methyl sites for hydroxylation is 1. The van der Waals surface area contributed by atoms with Crippen molar-refractivity contribution < 1.29 is 9.53 Å². The summed E-state index contributed by atoms with van der Waals surface area (Å²) in [5.74, 6) is 0.291. The highest BCUT2D eigenvalue weighted by molar-refractivity contribution is 6.11. The van der Waals surface area contributed by atoms with E-state index in [9.17, 15) is 9.59 Å². The zero-order chi connectivity index (χ0) is 19.2. The van der Waals surface area contributed by atoms with Gasteiger partial charge in [0.2, 0.25) is 0 Å². The molecule has 0 aliphatic heterocycles. The van der Waals surface area contributed by atoms with Crippen LogP contribution in [0.4, 0.5) is 5.69 Å². The molecule has 3 aromatic rings. The summed E-state index contributed by atoms with van der Waals surface area (Å²) >= 11 is 0. The van der Waals surface area contributed by atoms with Crippen LogP contribution in [0.25, 0.3) is 10.8 Å². The lowest BCUT2D eigenvalue weighted by Crippen LogP contribution is -2.27. The first kappa shape index (κ1) is 18.6. The van der Waals surface area contributed by atoms with Gasteiger partial charge in [-0.15, -0.1) is 0 Å². The predicted octanol–water partition coefficient (Wildman–Crippen LogP) is 3.85. The average molecular weight is 365 g/mol. The Balaban J connectivity index is 1.99. The molecule has 0 radical (unpaired) electrons. The molecule has 0 unspecified atom stereocenters. The Hall–Kier alpha value is -3.15. The molecule has 6 nitrogen and oxygen atoms in total. The van der Waals surface area contributed by atoms with Gasteiger partial charge in [0.15, 0.2) is 5.69 Å². The van der Waals surface area contributed by atoms with Crippen molar-refractivity contribution in [1.82, 2.24) is 9.78 Å². The third kappa shape index (κ3) is 4.16. The summed E-state index contributed by atoms with van der Waals surface area (Å²) < 4.78 is 6.59. The van der Waals surface area contributed by atoms with Gasteiger partial charge in [-0.25, -0.2) is 4.68 Å². The lowest BCUT2D eigenvalue weighted by molar-refractivity contribution is 0.102. The van der Waals surface area contributed by atoms with Crippen LogP contribution in [0.1, 0.15) is 36.7 Å². The molecule has 2 aromatic carbocycles. The van der Waals surface area contributed by atoms with E-state index in [2.05, 4.69) is 17.3 Å². The van der Waals surface area contributed by atoms with Crippen molar-refractivity contribution in [3.63, 3.8) is 0 Å². The molecular weight excluding hydrogens is 342 g/mol. The molecule has 1 N–H and O–H groups in total. The van der Waals surface area contributed by atoms with Crippen molar-refractivity contribution in [3.05, 3.63) is 64.6 Å². The highest BCUT2D eigenvalue weighted by Gasteiger charge is 2.17. The first-order chi connectivity index (χ1) is 13.1. The fraction of sp³-hybridized carbons (Fsp3) is 0.286. The van der Waals surface area contributed by atoms with E-state index in [0.29, 0.717) is 28.8 Å². The number of hydrogen-bond acceptors (Lipinski definition) is 4. The summed E-state index contributed by atoms with van der Waals surface area (Å²) in [7, 11) is 1.57. The van der Waals surface area contributed by atoms with Gasteiger partial charge < -0.3 is 10.1 Å². The van der Waals surface area contributed by atoms with E-state index >= 15 is 0 Å². The summed E-state index contributed by atoms with van der Waals surface area (Å²) in [6.45, 7) is 2.60. The van der Waals surface area contributed by atoms with Gasteiger partial charge in [0.1, 0.15) is 5.75 Å². The standard InChI is InChI=1S/C21H23N3O3/c1-3-4-7-13-24-21(26)18-12-6-5-11-17(18)19(23-24)20(25)22-15-9-8-10-16(14-15)27-2/h5-6,8-12,14H,3-4,7,13H2,1-2H3,(H,22,25). The number of nitrogens with one attached hydrogen (secondary N) is 1. The number of anilines is 1. The zero-order valence-corrected chi connectivity index (χ0v) is 15.6. The van der Waals surface area contributed by atoms with Gasteiger partial charge in [-0.05, 0) is 24.6 Å². The number of carbonyl (C=O) groups excluding carboxylic acids is 1. The number of fused-ring (bicyclic) bond motifs is 1. The molecule has 1 aromatic heterocycles. The van der Waals surface area contributed by atoms with E-state index in [1.807, 2.05) is 0 Å². The summed E-state index contributed by atoms with van der Waals surface area (Å²) in [5, 5.41) is 8.26. The van der Waals surface area contributed by atoms with E-state index in [1.54, 1.807) is 55.6 Å². The molecule has 0 aliphatic carbocycles. The summed E-state index contributed by atoms with van der Waals surface area (Å²) in [6, 6.07) is 14.2. The number of ether oxygens (including phenoxy) is 1. The Kier molecular flexibility index (Phi) is 5.86. The first-order valence-electron chi connectivity index (χ1n) is 9.09. The second-order valence-corrected chi connectivity index (χ2v) is 6.32. The SMILES string of the molecule is CCCCCn1nc(C(=O)Nc2cccc(OC)c2)c2ccccc2c1=O. The van der Waals surface area contributed by atoms with Gasteiger partial charge in [0.25, 0.3) is 11.5 Å². The van der Waals surface area contributed by atoms with Gasteiger partial charge in [-0.2, -0.15) is 5.10 Å². The Bertz CT molecular complexity index is 1010. The second-order valence-electron chi connectivity index (χ2n) is 6.32. The summed E-state index contributed by atoms with van der Waals surface area (Å²) in [6.07, 6.45) is 2.90. The maximum Gasteiger partial charge on any atom is 0.276 e. The number of rotatable bonds is 7. The van der Waals surface area contributed by atoms with E-state index < -0.39 is 0 Å². The average Bonchev–Trinajstić information content (AvgIpc) is 2.70. The Morgan fingerprint density at radius 1 is 1.11 bits per heavy atom. The molecule has 6 heteroatoms. The normalized spacial score (nSPS) is 10.7. The molecule has 27 heavy (non-hydrogen) atoms. The molecule has 0 spiro atoms. The van der Waals surface area contributed by atoms with Crippen LogP contribution in [-0.4, -0.2) is 22.8 Å². The van der Waals surface area contributed by atoms with Crippen LogP contribution in [-0.2, 0) is 6.54 Å². The van der Waals surface area contributed by atoms with Crippen LogP contribution < -0.4 is 15.6 Å². The largest absolute Gasteiger partial charge is 0.497 e. The van der Waals surface area contributed by atoms with Gasteiger partial charge in [0, 0.05) is 23.7 Å². The molecule has 1 heterocycles. The summed E-state index contributed by atoms with van der Waals surface area (Å²) in [5.41, 5.74) is 0.679. The van der Waals surface area contributed by atoms with E-state index in [-0.39, 0.29) is 17.2 Å². The molecule has 140 valence electrons. The highest BCUT2D eigenvalue weighted by atomic mass is 16.5. The third-order valence-corrected chi connectivity index (χ3v) is 4.38. The number of unbranched alkanes of at least 4 members (excludes halogenated alkanes) is 2. The molecule has 0 bridgehead atoms. The van der Waals surface area contributed by atoms with Gasteiger partial charge in [0.05, 0.1) is 12.5 Å². The monoisotopic (exact) mass is 365 g/mol. The van der Waals surface area contributed by atoms with Crippen LogP contribution in [0.2, 0.25) is 0 Å². The minimum Gasteiger partial charge on any atom is -0.497 e. The summed E-state index contributed by atoms with van der Waals surface area (Å²) in [4.78, 5) is 25.6. The van der Waals surface area contributed by atoms with Crippen LogP contribution in [0.3, 0.4) is 0 Å². The lowest BCUT2D eigenvalue weighted by atomic mass is 10.1. The van der Waals surface area contributed by atoms with Gasteiger partial charge in [-0.1, -0.05) is 44.0 Å². The number of amides is 1. The van der Waals surface area contributed by atoms with Gasteiger partial charge >= 0.3 is 0 Å². The molecule has 0 aliphatic rings. The van der Waals surface area contributed by atoms with Crippen molar-refractivity contribution in [2.24, 2.45) is 0 Å². The minimum absolute atomic E-state index is 0.167. The molecule has 0 atom stereocenters. The maximum absolute atomic E-state index is 12.9. The molecular formula is C21H23N3O3. The predicted molar refractivity (Wildman–Crippen MR) is 106 cm³/mol. The van der Waals surface area contributed by atoms with Crippen molar-refractivity contribution in [2.75, 3.05) is 12.4 Å². The molecule has 0 fully saturated rings. The third-order valence-electron chi connectivity index (χ3n) is 4.38. The fourth-order valence-corrected chi connectivity index (χ4v) is 2.96. The van der Waals surface area contributed by atoms with Crippen LogP contribution in [0, 0.1) is 0 Å². The van der Waals surface area contributed by atoms with E-state index in [4.69, 9.17) is 4.74 Å². The number of aromatic nitrogens is 2. The van der Waals surface area contributed by atoms with Crippen LogP contribution in [0.5, 0.6) is 5.75 Å². The Labute approximate surface area is 157 Å². The number of nitrogens with zero attached hydrogens (tertiary/aromatic N) is 2. The Morgan fingerprint density at radius 2 is 1.89 bits per heavy atom. The van der Waals surface area contributed by atoms with E-state index in [0.717, 1.165) is 19.3 Å². The lowest BCUT2D eigenvalue weighted by Gasteiger charge is -2.11. The maximum atomic E-state index is 12.9. The number of benzene rings is 2. The van der Waals surface area contributed by atoms with Crippen LogP contribution in [0.15, 0.2) is 53.3 Å². The van der Waals surface area contributed by atoms with Crippen molar-refractivity contribution in [3.8, 4) is 5.75 Å². The second kappa shape index (κ2) is 8.49. The number of methoxy groups -OCH3 is 1. The highest BCUT2D eigenvalue weighted by Crippen LogP contribution is 2.19. The van der Waals surface area contributed by atoms with Crippen molar-refractivity contribution >= 4 is 22.4 Å². The molecule has 1 amide bonds. The molecule has 0 saturated heterocycles. The Morgan fingerprint density at radius 3 is 2.63 bits per heavy atom. The smallest absolute Gasteiger partial charge is 0.276 e. The van der Waals surface area contributed by atoms with E-state index in [1.165, 1.54) is 4.68 Å². The van der Waals surface area contributed by atoms with Crippen molar-refractivity contribution in [1.29, 1.82) is 0 Å².